The largest absolute Gasteiger partial charge is 0.422 e. The molecule has 0 radical (unpaired) electrons. The zero-order valence-corrected chi connectivity index (χ0v) is 12.0. The zero-order valence-electron chi connectivity index (χ0n) is 12.0. The van der Waals surface area contributed by atoms with E-state index in [2.05, 4.69) is 33.0 Å². The van der Waals surface area contributed by atoms with Crippen LogP contribution in [0.15, 0.2) is 33.5 Å². The van der Waals surface area contributed by atoms with Gasteiger partial charge in [-0.25, -0.2) is 4.79 Å². The topological polar surface area (TPSA) is 42.2 Å². The van der Waals surface area contributed by atoms with Gasteiger partial charge in [-0.05, 0) is 44.4 Å². The van der Waals surface area contributed by atoms with E-state index in [9.17, 15) is 4.79 Å². The van der Waals surface area contributed by atoms with Crippen LogP contribution in [-0.2, 0) is 6.42 Å². The molecule has 102 valence electrons. The van der Waals surface area contributed by atoms with Crippen molar-refractivity contribution in [2.75, 3.05) is 5.32 Å². The van der Waals surface area contributed by atoms with Gasteiger partial charge in [-0.1, -0.05) is 13.8 Å². The molecule has 0 aliphatic rings. The minimum atomic E-state index is -0.220. The predicted molar refractivity (Wildman–Crippen MR) is 79.8 cm³/mol. The summed E-state index contributed by atoms with van der Waals surface area (Å²) in [6, 6.07) is 8.19. The molecule has 0 saturated heterocycles. The van der Waals surface area contributed by atoms with Gasteiger partial charge in [0.1, 0.15) is 5.58 Å². The molecule has 0 atom stereocenters. The van der Waals surface area contributed by atoms with Crippen LogP contribution in [0.3, 0.4) is 0 Å². The van der Waals surface area contributed by atoms with E-state index in [-0.39, 0.29) is 5.63 Å². The first-order valence-electron chi connectivity index (χ1n) is 6.79. The lowest BCUT2D eigenvalue weighted by molar-refractivity contribution is 0.535. The fourth-order valence-electron chi connectivity index (χ4n) is 2.16. The first kappa shape index (κ1) is 13.7. The van der Waals surface area contributed by atoms with Crippen LogP contribution in [0.4, 0.5) is 5.69 Å². The third-order valence-corrected chi connectivity index (χ3v) is 2.89. The lowest BCUT2D eigenvalue weighted by atomic mass is 10.0. The van der Waals surface area contributed by atoms with Crippen molar-refractivity contribution in [1.82, 2.24) is 0 Å². The lowest BCUT2D eigenvalue weighted by Crippen LogP contribution is -2.11. The predicted octanol–water partition coefficient (Wildman–Crippen LogP) is 3.81. The maximum atomic E-state index is 11.9. The summed E-state index contributed by atoms with van der Waals surface area (Å²) < 4.78 is 5.42. The van der Waals surface area contributed by atoms with Gasteiger partial charge in [0, 0.05) is 28.7 Å². The van der Waals surface area contributed by atoms with Crippen LogP contribution in [0.2, 0.25) is 0 Å². The molecular formula is C16H21NO2. The van der Waals surface area contributed by atoms with E-state index in [0.717, 1.165) is 23.1 Å². The Hall–Kier alpha value is -1.77. The summed E-state index contributed by atoms with van der Waals surface area (Å²) in [5, 5.41) is 4.28. The zero-order chi connectivity index (χ0) is 14.0. The summed E-state index contributed by atoms with van der Waals surface area (Å²) in [6.07, 6.45) is 0.754. The number of rotatable bonds is 4. The van der Waals surface area contributed by atoms with Gasteiger partial charge in [-0.15, -0.1) is 0 Å². The van der Waals surface area contributed by atoms with E-state index in [1.165, 1.54) is 0 Å². The SMILES string of the molecule is CC(C)Cc1cc2ccc(NC(C)C)cc2oc1=O. The summed E-state index contributed by atoms with van der Waals surface area (Å²) in [4.78, 5) is 11.9. The summed E-state index contributed by atoms with van der Waals surface area (Å²) in [5.74, 6) is 0.447. The fourth-order valence-corrected chi connectivity index (χ4v) is 2.16. The maximum Gasteiger partial charge on any atom is 0.339 e. The van der Waals surface area contributed by atoms with E-state index in [0.29, 0.717) is 17.5 Å². The molecule has 1 aromatic heterocycles. The smallest absolute Gasteiger partial charge is 0.339 e. The second kappa shape index (κ2) is 5.47. The molecule has 2 rings (SSSR count). The fraction of sp³-hybridized carbons (Fsp3) is 0.438. The van der Waals surface area contributed by atoms with E-state index >= 15 is 0 Å². The van der Waals surface area contributed by atoms with Gasteiger partial charge in [-0.2, -0.15) is 0 Å². The average Bonchev–Trinajstić information content (AvgIpc) is 2.29. The Kier molecular flexibility index (Phi) is 3.93. The molecule has 0 fully saturated rings. The highest BCUT2D eigenvalue weighted by Gasteiger charge is 2.08. The Balaban J connectivity index is 2.43. The van der Waals surface area contributed by atoms with Crippen LogP contribution in [0.1, 0.15) is 33.3 Å². The van der Waals surface area contributed by atoms with Gasteiger partial charge in [0.05, 0.1) is 0 Å². The molecule has 0 spiro atoms. The Bertz CT molecular complexity index is 626. The standard InChI is InChI=1S/C16H21NO2/c1-10(2)7-13-8-12-5-6-14(17-11(3)4)9-15(12)19-16(13)18/h5-6,8-11,17H,7H2,1-4H3. The van der Waals surface area contributed by atoms with Gasteiger partial charge in [0.15, 0.2) is 0 Å². The lowest BCUT2D eigenvalue weighted by Gasteiger charge is -2.10. The highest BCUT2D eigenvalue weighted by Crippen LogP contribution is 2.20. The molecule has 0 bridgehead atoms. The molecule has 3 heteroatoms. The average molecular weight is 259 g/mol. The van der Waals surface area contributed by atoms with E-state index in [1.807, 2.05) is 24.3 Å². The van der Waals surface area contributed by atoms with Crippen molar-refractivity contribution >= 4 is 16.7 Å². The molecule has 19 heavy (non-hydrogen) atoms. The highest BCUT2D eigenvalue weighted by molar-refractivity contribution is 5.80. The summed E-state index contributed by atoms with van der Waals surface area (Å²) in [6.45, 7) is 8.34. The number of fused-ring (bicyclic) bond motifs is 1. The van der Waals surface area contributed by atoms with Crippen molar-refractivity contribution in [3.63, 3.8) is 0 Å². The van der Waals surface area contributed by atoms with Crippen molar-refractivity contribution in [1.29, 1.82) is 0 Å². The van der Waals surface area contributed by atoms with Crippen molar-refractivity contribution in [2.24, 2.45) is 5.92 Å². The molecule has 1 heterocycles. The Labute approximate surface area is 113 Å². The molecule has 2 aromatic rings. The van der Waals surface area contributed by atoms with Gasteiger partial charge in [0.25, 0.3) is 0 Å². The van der Waals surface area contributed by atoms with Gasteiger partial charge in [0.2, 0.25) is 0 Å². The van der Waals surface area contributed by atoms with Gasteiger partial charge >= 0.3 is 5.63 Å². The minimum absolute atomic E-state index is 0.220. The van der Waals surface area contributed by atoms with Crippen LogP contribution in [0.5, 0.6) is 0 Å². The van der Waals surface area contributed by atoms with Crippen LogP contribution >= 0.6 is 0 Å². The molecule has 3 nitrogen and oxygen atoms in total. The molecular weight excluding hydrogens is 238 g/mol. The summed E-state index contributed by atoms with van der Waals surface area (Å²) in [7, 11) is 0. The van der Waals surface area contributed by atoms with E-state index < -0.39 is 0 Å². The van der Waals surface area contributed by atoms with Crippen LogP contribution in [-0.4, -0.2) is 6.04 Å². The normalized spacial score (nSPS) is 11.5. The third kappa shape index (κ3) is 3.37. The quantitative estimate of drug-likeness (QED) is 0.849. The third-order valence-electron chi connectivity index (χ3n) is 2.89. The first-order valence-corrected chi connectivity index (χ1v) is 6.79. The van der Waals surface area contributed by atoms with Crippen molar-refractivity contribution in [3.8, 4) is 0 Å². The second-order valence-electron chi connectivity index (χ2n) is 5.71. The molecule has 1 aromatic carbocycles. The van der Waals surface area contributed by atoms with Crippen molar-refractivity contribution in [2.45, 2.75) is 40.2 Å². The summed E-state index contributed by atoms with van der Waals surface area (Å²) >= 11 is 0. The van der Waals surface area contributed by atoms with Gasteiger partial charge in [-0.3, -0.25) is 0 Å². The van der Waals surface area contributed by atoms with E-state index in [1.54, 1.807) is 0 Å². The Morgan fingerprint density at radius 3 is 2.53 bits per heavy atom. The maximum absolute atomic E-state index is 11.9. The van der Waals surface area contributed by atoms with Crippen molar-refractivity contribution < 1.29 is 4.42 Å². The molecule has 1 N–H and O–H groups in total. The number of nitrogens with one attached hydrogen (secondary N) is 1. The van der Waals surface area contributed by atoms with E-state index in [4.69, 9.17) is 4.42 Å². The Morgan fingerprint density at radius 2 is 1.89 bits per heavy atom. The second-order valence-corrected chi connectivity index (χ2v) is 5.71. The van der Waals surface area contributed by atoms with Crippen LogP contribution in [0.25, 0.3) is 11.0 Å². The first-order chi connectivity index (χ1) is 8.95. The van der Waals surface area contributed by atoms with Crippen LogP contribution < -0.4 is 10.9 Å². The Morgan fingerprint density at radius 1 is 1.16 bits per heavy atom. The highest BCUT2D eigenvalue weighted by atomic mass is 16.4. The molecule has 0 aliphatic carbocycles. The van der Waals surface area contributed by atoms with Crippen molar-refractivity contribution in [3.05, 3.63) is 40.2 Å². The minimum Gasteiger partial charge on any atom is -0.422 e. The monoisotopic (exact) mass is 259 g/mol. The molecule has 0 amide bonds. The number of hydrogen-bond donors (Lipinski definition) is 1. The molecule has 0 aliphatic heterocycles. The number of anilines is 1. The number of hydrogen-bond acceptors (Lipinski definition) is 3. The van der Waals surface area contributed by atoms with Crippen LogP contribution in [0, 0.1) is 5.92 Å². The molecule has 0 unspecified atom stereocenters. The summed E-state index contributed by atoms with van der Waals surface area (Å²) in [5.41, 5.74) is 2.15. The number of benzene rings is 1. The van der Waals surface area contributed by atoms with Gasteiger partial charge < -0.3 is 9.73 Å². The molecule has 0 saturated carbocycles.